The summed E-state index contributed by atoms with van der Waals surface area (Å²) < 4.78 is 36.7. The molecule has 25 heavy (non-hydrogen) atoms. The normalized spacial score (nSPS) is 17.7. The molecule has 142 valence electrons. The summed E-state index contributed by atoms with van der Waals surface area (Å²) in [6, 6.07) is 4.10. The molecule has 0 radical (unpaired) electrons. The van der Waals surface area contributed by atoms with Crippen molar-refractivity contribution < 1.29 is 22.7 Å². The third-order valence-electron chi connectivity index (χ3n) is 3.51. The number of halogens is 1. The number of morpholine rings is 1. The summed E-state index contributed by atoms with van der Waals surface area (Å²) in [6.07, 6.45) is 0. The van der Waals surface area contributed by atoms with Crippen LogP contribution in [0.25, 0.3) is 0 Å². The van der Waals surface area contributed by atoms with Crippen LogP contribution in [0.4, 0.5) is 5.69 Å². The van der Waals surface area contributed by atoms with E-state index in [1.54, 1.807) is 19.1 Å². The monoisotopic (exact) mass is 393 g/mol. The Bertz CT molecular complexity index is 690. The molecule has 2 N–H and O–H groups in total. The quantitative estimate of drug-likeness (QED) is 0.737. The SMILES string of the molecule is CCOc1ccc(NC(=O)C2COCCN2)cc1S(=O)(=O)N(C)C.Cl. The Labute approximate surface area is 154 Å². The van der Waals surface area contributed by atoms with Crippen LogP contribution in [-0.4, -0.2) is 65.1 Å². The van der Waals surface area contributed by atoms with Crippen molar-refractivity contribution in [2.75, 3.05) is 45.8 Å². The molecule has 0 saturated carbocycles. The van der Waals surface area contributed by atoms with E-state index < -0.39 is 16.1 Å². The smallest absolute Gasteiger partial charge is 0.246 e. The topological polar surface area (TPSA) is 97.0 Å². The van der Waals surface area contributed by atoms with Crippen molar-refractivity contribution in [2.24, 2.45) is 0 Å². The summed E-state index contributed by atoms with van der Waals surface area (Å²) in [5.41, 5.74) is 0.385. The number of carbonyl (C=O) groups excluding carboxylic acids is 1. The Balaban J connectivity index is 0.00000312. The maximum atomic E-state index is 12.5. The Morgan fingerprint density at radius 3 is 2.72 bits per heavy atom. The van der Waals surface area contributed by atoms with Gasteiger partial charge < -0.3 is 20.1 Å². The minimum absolute atomic E-state index is 0. The van der Waals surface area contributed by atoms with Gasteiger partial charge in [-0.2, -0.15) is 0 Å². The van der Waals surface area contributed by atoms with Crippen LogP contribution in [0.5, 0.6) is 5.75 Å². The molecule has 10 heteroatoms. The van der Waals surface area contributed by atoms with Gasteiger partial charge in [-0.15, -0.1) is 12.4 Å². The average molecular weight is 394 g/mol. The van der Waals surface area contributed by atoms with E-state index in [0.29, 0.717) is 25.4 Å². The van der Waals surface area contributed by atoms with Gasteiger partial charge >= 0.3 is 0 Å². The zero-order valence-electron chi connectivity index (χ0n) is 14.4. The number of nitrogens with one attached hydrogen (secondary N) is 2. The van der Waals surface area contributed by atoms with Crippen LogP contribution in [0.3, 0.4) is 0 Å². The number of hydrogen-bond acceptors (Lipinski definition) is 6. The Morgan fingerprint density at radius 2 is 2.16 bits per heavy atom. The summed E-state index contributed by atoms with van der Waals surface area (Å²) in [5, 5.41) is 5.76. The van der Waals surface area contributed by atoms with Crippen LogP contribution in [-0.2, 0) is 19.6 Å². The molecule has 1 aliphatic heterocycles. The van der Waals surface area contributed by atoms with Gasteiger partial charge in [0, 0.05) is 26.3 Å². The van der Waals surface area contributed by atoms with Gasteiger partial charge in [0.1, 0.15) is 16.7 Å². The molecule has 2 rings (SSSR count). The van der Waals surface area contributed by atoms with E-state index in [4.69, 9.17) is 9.47 Å². The highest BCUT2D eigenvalue weighted by molar-refractivity contribution is 7.89. The summed E-state index contributed by atoms with van der Waals surface area (Å²) >= 11 is 0. The van der Waals surface area contributed by atoms with Crippen molar-refractivity contribution in [3.8, 4) is 5.75 Å². The van der Waals surface area contributed by atoms with Gasteiger partial charge in [0.05, 0.1) is 19.8 Å². The lowest BCUT2D eigenvalue weighted by molar-refractivity contribution is -0.120. The molecule has 1 amide bonds. The molecule has 1 aromatic rings. The number of hydrogen-bond donors (Lipinski definition) is 2. The highest BCUT2D eigenvalue weighted by atomic mass is 35.5. The fraction of sp³-hybridized carbons (Fsp3) is 0.533. The summed E-state index contributed by atoms with van der Waals surface area (Å²) in [4.78, 5) is 12.2. The van der Waals surface area contributed by atoms with E-state index in [1.165, 1.54) is 20.2 Å². The number of carbonyl (C=O) groups is 1. The molecule has 1 heterocycles. The van der Waals surface area contributed by atoms with Gasteiger partial charge in [-0.05, 0) is 25.1 Å². The largest absolute Gasteiger partial charge is 0.492 e. The molecule has 1 unspecified atom stereocenters. The van der Waals surface area contributed by atoms with Gasteiger partial charge in [-0.3, -0.25) is 4.79 Å². The van der Waals surface area contributed by atoms with Crippen molar-refractivity contribution in [3.63, 3.8) is 0 Å². The average Bonchev–Trinajstić information content (AvgIpc) is 2.57. The van der Waals surface area contributed by atoms with E-state index >= 15 is 0 Å². The highest BCUT2D eigenvalue weighted by Crippen LogP contribution is 2.29. The number of anilines is 1. The van der Waals surface area contributed by atoms with Crippen LogP contribution in [0.2, 0.25) is 0 Å². The van der Waals surface area contributed by atoms with Crippen LogP contribution in [0.1, 0.15) is 6.92 Å². The predicted octanol–water partition coefficient (Wildman–Crippen LogP) is 0.684. The first-order valence-corrected chi connectivity index (χ1v) is 9.11. The number of ether oxygens (including phenoxy) is 2. The lowest BCUT2D eigenvalue weighted by atomic mass is 10.2. The summed E-state index contributed by atoms with van der Waals surface area (Å²) in [5.74, 6) is -0.0182. The van der Waals surface area contributed by atoms with Gasteiger partial charge in [0.25, 0.3) is 0 Å². The molecule has 1 saturated heterocycles. The molecule has 0 aliphatic carbocycles. The van der Waals surface area contributed by atoms with E-state index in [1.807, 2.05) is 0 Å². The van der Waals surface area contributed by atoms with Crippen molar-refractivity contribution >= 4 is 34.0 Å². The number of sulfonamides is 1. The molecule has 8 nitrogen and oxygen atoms in total. The number of amides is 1. The third kappa shape index (κ3) is 5.29. The molecule has 0 spiro atoms. The molecular weight excluding hydrogens is 370 g/mol. The standard InChI is InChI=1S/C15H23N3O5S.ClH/c1-4-23-13-6-5-11(9-14(13)24(20,21)18(2)3)17-15(19)12-10-22-8-7-16-12;/h5-6,9,12,16H,4,7-8,10H2,1-3H3,(H,17,19);1H. The van der Waals surface area contributed by atoms with E-state index in [-0.39, 0.29) is 35.6 Å². The fourth-order valence-electron chi connectivity index (χ4n) is 2.22. The van der Waals surface area contributed by atoms with Crippen LogP contribution >= 0.6 is 12.4 Å². The third-order valence-corrected chi connectivity index (χ3v) is 5.34. The maximum absolute atomic E-state index is 12.5. The van der Waals surface area contributed by atoms with Crippen molar-refractivity contribution in [2.45, 2.75) is 17.9 Å². The summed E-state index contributed by atoms with van der Waals surface area (Å²) in [7, 11) is -0.808. The molecule has 1 fully saturated rings. The second-order valence-electron chi connectivity index (χ2n) is 5.45. The maximum Gasteiger partial charge on any atom is 0.246 e. The first-order valence-electron chi connectivity index (χ1n) is 7.67. The zero-order valence-corrected chi connectivity index (χ0v) is 16.1. The van der Waals surface area contributed by atoms with Crippen LogP contribution in [0.15, 0.2) is 23.1 Å². The minimum atomic E-state index is -3.70. The molecular formula is C15H24ClN3O5S. The second kappa shape index (κ2) is 9.35. The van der Waals surface area contributed by atoms with Gasteiger partial charge in [-0.25, -0.2) is 12.7 Å². The second-order valence-corrected chi connectivity index (χ2v) is 7.57. The fourth-order valence-corrected chi connectivity index (χ4v) is 3.27. The first kappa shape index (κ1) is 21.7. The molecule has 0 bridgehead atoms. The van der Waals surface area contributed by atoms with E-state index in [9.17, 15) is 13.2 Å². The van der Waals surface area contributed by atoms with Crippen molar-refractivity contribution in [3.05, 3.63) is 18.2 Å². The first-order chi connectivity index (χ1) is 11.4. The molecule has 1 aliphatic rings. The highest BCUT2D eigenvalue weighted by Gasteiger charge is 2.25. The Kier molecular flexibility index (Phi) is 8.10. The van der Waals surface area contributed by atoms with Crippen molar-refractivity contribution in [1.82, 2.24) is 9.62 Å². The predicted molar refractivity (Wildman–Crippen MR) is 97.0 cm³/mol. The van der Waals surface area contributed by atoms with Gasteiger partial charge in [0.15, 0.2) is 0 Å². The van der Waals surface area contributed by atoms with Crippen LogP contribution < -0.4 is 15.4 Å². The van der Waals surface area contributed by atoms with Crippen molar-refractivity contribution in [1.29, 1.82) is 0 Å². The molecule has 1 aromatic carbocycles. The zero-order chi connectivity index (χ0) is 17.7. The Morgan fingerprint density at radius 1 is 1.44 bits per heavy atom. The van der Waals surface area contributed by atoms with E-state index in [0.717, 1.165) is 4.31 Å². The minimum Gasteiger partial charge on any atom is -0.492 e. The summed E-state index contributed by atoms with van der Waals surface area (Å²) in [6.45, 7) is 3.56. The lowest BCUT2D eigenvalue weighted by Crippen LogP contribution is -2.48. The molecule has 0 aromatic heterocycles. The van der Waals surface area contributed by atoms with Gasteiger partial charge in [0.2, 0.25) is 15.9 Å². The molecule has 1 atom stereocenters. The lowest BCUT2D eigenvalue weighted by Gasteiger charge is -2.23. The number of nitrogens with zero attached hydrogens (tertiary/aromatic N) is 1. The van der Waals surface area contributed by atoms with E-state index in [2.05, 4.69) is 10.6 Å². The van der Waals surface area contributed by atoms with Crippen LogP contribution in [0, 0.1) is 0 Å². The number of benzene rings is 1. The number of rotatable bonds is 6. The Hall–Kier alpha value is -1.39. The van der Waals surface area contributed by atoms with Gasteiger partial charge in [-0.1, -0.05) is 0 Å².